The lowest BCUT2D eigenvalue weighted by Gasteiger charge is -2.08. The zero-order chi connectivity index (χ0) is 17.0. The van der Waals surface area contributed by atoms with E-state index in [0.717, 1.165) is 6.07 Å². The molecule has 2 aromatic carbocycles. The van der Waals surface area contributed by atoms with Crippen LogP contribution >= 0.6 is 0 Å². The second-order valence-corrected chi connectivity index (χ2v) is 5.98. The maximum absolute atomic E-state index is 13.2. The number of rotatable bonds is 5. The van der Waals surface area contributed by atoms with Crippen molar-refractivity contribution in [2.24, 2.45) is 0 Å². The molecule has 0 bridgehead atoms. The van der Waals surface area contributed by atoms with E-state index in [0.29, 0.717) is 12.1 Å². The summed E-state index contributed by atoms with van der Waals surface area (Å²) in [5.74, 6) is -1.88. The molecule has 0 saturated heterocycles. The Bertz CT molecular complexity index is 855. The maximum Gasteiger partial charge on any atom is 0.306 e. The Balaban J connectivity index is 2.18. The number of hydrazine groups is 1. The molecular weight excluding hydrogens is 329 g/mol. The fourth-order valence-corrected chi connectivity index (χ4v) is 2.49. The summed E-state index contributed by atoms with van der Waals surface area (Å²) in [7, 11) is -4.29. The van der Waals surface area contributed by atoms with E-state index in [1.54, 1.807) is 23.0 Å². The lowest BCUT2D eigenvalue weighted by molar-refractivity contribution is -0.387. The van der Waals surface area contributed by atoms with E-state index in [1.807, 2.05) is 5.43 Å². The molecule has 120 valence electrons. The van der Waals surface area contributed by atoms with Crippen LogP contribution in [0.2, 0.25) is 0 Å². The first-order valence-electron chi connectivity index (χ1n) is 6.12. The van der Waals surface area contributed by atoms with Gasteiger partial charge in [0.1, 0.15) is 0 Å². The van der Waals surface area contributed by atoms with Crippen LogP contribution in [0.5, 0.6) is 0 Å². The Kier molecular flexibility index (Phi) is 4.67. The van der Waals surface area contributed by atoms with Crippen molar-refractivity contribution in [1.29, 1.82) is 0 Å². The van der Waals surface area contributed by atoms with E-state index in [9.17, 15) is 27.7 Å². The first-order chi connectivity index (χ1) is 10.8. The minimum atomic E-state index is -4.29. The minimum Gasteiger partial charge on any atom is -0.273 e. The molecule has 0 heterocycles. The van der Waals surface area contributed by atoms with E-state index in [4.69, 9.17) is 0 Å². The number of hydrogen-bond acceptors (Lipinski definition) is 5. The zero-order valence-electron chi connectivity index (χ0n) is 11.4. The van der Waals surface area contributed by atoms with Gasteiger partial charge in [-0.3, -0.25) is 20.3 Å². The van der Waals surface area contributed by atoms with Crippen LogP contribution in [0.1, 0.15) is 10.4 Å². The molecule has 8 nitrogen and oxygen atoms in total. The molecule has 2 N–H and O–H groups in total. The topological polar surface area (TPSA) is 118 Å². The number of nitro benzene ring substituents is 1. The van der Waals surface area contributed by atoms with Crippen molar-refractivity contribution in [2.45, 2.75) is 4.90 Å². The van der Waals surface area contributed by atoms with Gasteiger partial charge in [-0.25, -0.2) is 8.42 Å². The Labute approximate surface area is 130 Å². The molecule has 0 aliphatic rings. The molecule has 1 amide bonds. The van der Waals surface area contributed by atoms with Crippen molar-refractivity contribution in [2.75, 3.05) is 0 Å². The van der Waals surface area contributed by atoms with Gasteiger partial charge in [-0.2, -0.15) is 4.39 Å². The Morgan fingerprint density at radius 2 is 1.78 bits per heavy atom. The Morgan fingerprint density at radius 1 is 1.13 bits per heavy atom. The second kappa shape index (κ2) is 6.50. The summed E-state index contributed by atoms with van der Waals surface area (Å²) in [5, 5.41) is 10.6. The van der Waals surface area contributed by atoms with Gasteiger partial charge in [0.2, 0.25) is 5.82 Å². The number of carbonyl (C=O) groups excluding carboxylic acids is 1. The fraction of sp³-hybridized carbons (Fsp3) is 0. The monoisotopic (exact) mass is 339 g/mol. The van der Waals surface area contributed by atoms with E-state index in [2.05, 4.69) is 0 Å². The van der Waals surface area contributed by atoms with Crippen LogP contribution in [0.25, 0.3) is 0 Å². The maximum atomic E-state index is 13.2. The van der Waals surface area contributed by atoms with Gasteiger partial charge in [0.15, 0.2) is 0 Å². The molecule has 23 heavy (non-hydrogen) atoms. The van der Waals surface area contributed by atoms with Crippen LogP contribution in [-0.4, -0.2) is 19.2 Å². The molecular formula is C13H10FN3O5S. The number of amides is 1. The summed E-state index contributed by atoms with van der Waals surface area (Å²) in [6.07, 6.45) is 0. The predicted octanol–water partition coefficient (Wildman–Crippen LogP) is 1.36. The molecule has 0 radical (unpaired) electrons. The molecule has 0 atom stereocenters. The van der Waals surface area contributed by atoms with Crippen LogP contribution in [0.4, 0.5) is 10.1 Å². The number of nitrogens with one attached hydrogen (secondary N) is 2. The van der Waals surface area contributed by atoms with E-state index < -0.39 is 37.3 Å². The summed E-state index contributed by atoms with van der Waals surface area (Å²) in [6.45, 7) is 0. The van der Waals surface area contributed by atoms with Crippen LogP contribution in [0.15, 0.2) is 53.4 Å². The number of benzene rings is 2. The van der Waals surface area contributed by atoms with Crippen LogP contribution < -0.4 is 10.3 Å². The SMILES string of the molecule is O=C(NNS(=O)(=O)c1ccc(F)c([N+](=O)[O-])c1)c1ccccc1. The van der Waals surface area contributed by atoms with Gasteiger partial charge in [-0.05, 0) is 24.3 Å². The normalized spacial score (nSPS) is 11.0. The average Bonchev–Trinajstić information content (AvgIpc) is 2.53. The Morgan fingerprint density at radius 3 is 2.39 bits per heavy atom. The molecule has 0 saturated carbocycles. The van der Waals surface area contributed by atoms with Crippen molar-refractivity contribution in [3.05, 3.63) is 70.0 Å². The first kappa shape index (κ1) is 16.5. The highest BCUT2D eigenvalue weighted by Crippen LogP contribution is 2.21. The third-order valence-electron chi connectivity index (χ3n) is 2.76. The smallest absolute Gasteiger partial charge is 0.273 e. The third-order valence-corrected chi connectivity index (χ3v) is 4.00. The highest BCUT2D eigenvalue weighted by Gasteiger charge is 2.22. The number of hydrogen-bond donors (Lipinski definition) is 2. The number of nitrogens with zero attached hydrogens (tertiary/aromatic N) is 1. The van der Waals surface area contributed by atoms with E-state index >= 15 is 0 Å². The summed E-state index contributed by atoms with van der Waals surface area (Å²) in [4.78, 5) is 22.6. The minimum absolute atomic E-state index is 0.209. The van der Waals surface area contributed by atoms with Gasteiger partial charge < -0.3 is 0 Å². The number of halogens is 1. The summed E-state index contributed by atoms with van der Waals surface area (Å²) < 4.78 is 37.2. The molecule has 2 aromatic rings. The lowest BCUT2D eigenvalue weighted by atomic mass is 10.2. The predicted molar refractivity (Wildman–Crippen MR) is 77.3 cm³/mol. The molecule has 0 spiro atoms. The summed E-state index contributed by atoms with van der Waals surface area (Å²) in [5.41, 5.74) is 1.19. The van der Waals surface area contributed by atoms with Crippen LogP contribution in [0, 0.1) is 15.9 Å². The van der Waals surface area contributed by atoms with Crippen LogP contribution in [-0.2, 0) is 10.0 Å². The number of sulfonamides is 1. The van der Waals surface area contributed by atoms with Gasteiger partial charge in [0, 0.05) is 11.6 Å². The highest BCUT2D eigenvalue weighted by atomic mass is 32.2. The fourth-order valence-electron chi connectivity index (χ4n) is 1.63. The molecule has 0 aliphatic heterocycles. The first-order valence-corrected chi connectivity index (χ1v) is 7.61. The molecule has 10 heteroatoms. The highest BCUT2D eigenvalue weighted by molar-refractivity contribution is 7.89. The molecule has 0 aromatic heterocycles. The second-order valence-electron chi connectivity index (χ2n) is 4.30. The quantitative estimate of drug-likeness (QED) is 0.630. The average molecular weight is 339 g/mol. The Hall–Kier alpha value is -2.85. The molecule has 0 unspecified atom stereocenters. The van der Waals surface area contributed by atoms with Crippen molar-refractivity contribution < 1.29 is 22.5 Å². The third kappa shape index (κ3) is 3.87. The zero-order valence-corrected chi connectivity index (χ0v) is 12.2. The standard InChI is InChI=1S/C13H10FN3O5S/c14-11-7-6-10(8-12(11)17(19)20)23(21,22)16-15-13(18)9-4-2-1-3-5-9/h1-8,16H,(H,15,18). The van der Waals surface area contributed by atoms with Crippen molar-refractivity contribution in [1.82, 2.24) is 10.3 Å². The molecule has 2 rings (SSSR count). The molecule has 0 aliphatic carbocycles. The van der Waals surface area contributed by atoms with Gasteiger partial charge in [0.05, 0.1) is 9.82 Å². The largest absolute Gasteiger partial charge is 0.306 e. The van der Waals surface area contributed by atoms with Crippen molar-refractivity contribution in [3.63, 3.8) is 0 Å². The number of nitro groups is 1. The van der Waals surface area contributed by atoms with E-state index in [1.165, 1.54) is 12.1 Å². The van der Waals surface area contributed by atoms with Gasteiger partial charge in [-0.15, -0.1) is 4.83 Å². The summed E-state index contributed by atoms with van der Waals surface area (Å²) in [6, 6.07) is 9.86. The molecule has 0 fully saturated rings. The van der Waals surface area contributed by atoms with Crippen LogP contribution in [0.3, 0.4) is 0 Å². The van der Waals surface area contributed by atoms with Crippen molar-refractivity contribution in [3.8, 4) is 0 Å². The lowest BCUT2D eigenvalue weighted by Crippen LogP contribution is -2.41. The van der Waals surface area contributed by atoms with Crippen molar-refractivity contribution >= 4 is 21.6 Å². The van der Waals surface area contributed by atoms with Gasteiger partial charge in [0.25, 0.3) is 15.9 Å². The summed E-state index contributed by atoms with van der Waals surface area (Å²) >= 11 is 0. The van der Waals surface area contributed by atoms with E-state index in [-0.39, 0.29) is 5.56 Å². The van der Waals surface area contributed by atoms with Gasteiger partial charge in [-0.1, -0.05) is 18.2 Å². The van der Waals surface area contributed by atoms with Gasteiger partial charge >= 0.3 is 5.69 Å². The number of carbonyl (C=O) groups is 1.